The summed E-state index contributed by atoms with van der Waals surface area (Å²) < 4.78 is 0. The van der Waals surface area contributed by atoms with Gasteiger partial charge in [0.25, 0.3) is 0 Å². The third kappa shape index (κ3) is 3.54. The van der Waals surface area contributed by atoms with E-state index in [2.05, 4.69) is 29.2 Å². The Morgan fingerprint density at radius 3 is 2.88 bits per heavy atom. The number of aryl methyl sites for hydroxylation is 1. The molecule has 2 heterocycles. The highest BCUT2D eigenvalue weighted by atomic mass is 32.1. The smallest absolute Gasteiger partial charge is 0.0897 e. The van der Waals surface area contributed by atoms with Crippen molar-refractivity contribution in [3.8, 4) is 0 Å². The van der Waals surface area contributed by atoms with Crippen molar-refractivity contribution in [2.75, 3.05) is 26.7 Å². The number of hydrogen-bond acceptors (Lipinski definition) is 4. The van der Waals surface area contributed by atoms with Crippen LogP contribution in [0, 0.1) is 12.8 Å². The Morgan fingerprint density at radius 1 is 1.50 bits per heavy atom. The van der Waals surface area contributed by atoms with Gasteiger partial charge in [-0.2, -0.15) is 0 Å². The molecule has 1 aromatic rings. The van der Waals surface area contributed by atoms with Gasteiger partial charge in [0.1, 0.15) is 0 Å². The maximum absolute atomic E-state index is 4.26. The fourth-order valence-electron chi connectivity index (χ4n) is 2.15. The first-order valence-electron chi connectivity index (χ1n) is 6.04. The predicted molar refractivity (Wildman–Crippen MR) is 68.8 cm³/mol. The lowest BCUT2D eigenvalue weighted by molar-refractivity contribution is 0.216. The molecule has 0 unspecified atom stereocenters. The van der Waals surface area contributed by atoms with Gasteiger partial charge in [-0.25, -0.2) is 4.98 Å². The molecule has 1 N–H and O–H groups in total. The van der Waals surface area contributed by atoms with Crippen molar-refractivity contribution in [2.24, 2.45) is 5.92 Å². The zero-order valence-electron chi connectivity index (χ0n) is 10.2. The molecule has 0 aromatic carbocycles. The van der Waals surface area contributed by atoms with E-state index in [1.54, 1.807) is 11.3 Å². The third-order valence-corrected chi connectivity index (χ3v) is 4.15. The first-order valence-corrected chi connectivity index (χ1v) is 6.86. The van der Waals surface area contributed by atoms with Crippen LogP contribution in [0.1, 0.15) is 22.7 Å². The predicted octanol–water partition coefficient (Wildman–Crippen LogP) is 1.88. The van der Waals surface area contributed by atoms with E-state index < -0.39 is 0 Å². The average Bonchev–Trinajstić information content (AvgIpc) is 2.67. The molecule has 0 spiro atoms. The highest BCUT2D eigenvalue weighted by Gasteiger charge is 2.15. The van der Waals surface area contributed by atoms with Gasteiger partial charge in [-0.1, -0.05) is 0 Å². The molecule has 1 aliphatic heterocycles. The van der Waals surface area contributed by atoms with Crippen LogP contribution in [0.3, 0.4) is 0 Å². The number of rotatable bonds is 4. The first kappa shape index (κ1) is 12.0. The molecule has 1 saturated heterocycles. The molecule has 0 aliphatic carbocycles. The second-order valence-electron chi connectivity index (χ2n) is 4.72. The SMILES string of the molecule is Cc1ncc(CNCC2CCN(C)CC2)s1. The van der Waals surface area contributed by atoms with Crippen LogP contribution < -0.4 is 5.32 Å². The first-order chi connectivity index (χ1) is 7.74. The molecule has 0 saturated carbocycles. The third-order valence-electron chi connectivity index (χ3n) is 3.24. The van der Waals surface area contributed by atoms with E-state index in [0.29, 0.717) is 0 Å². The Hall–Kier alpha value is -0.450. The zero-order chi connectivity index (χ0) is 11.4. The molecule has 0 radical (unpaired) electrons. The summed E-state index contributed by atoms with van der Waals surface area (Å²) >= 11 is 1.79. The Kier molecular flexibility index (Phi) is 4.32. The number of aromatic nitrogens is 1. The van der Waals surface area contributed by atoms with Crippen LogP contribution in [0.2, 0.25) is 0 Å². The van der Waals surface area contributed by atoms with Crippen LogP contribution in [0.5, 0.6) is 0 Å². The van der Waals surface area contributed by atoms with Crippen LogP contribution in [0.15, 0.2) is 6.20 Å². The second-order valence-corrected chi connectivity index (χ2v) is 6.04. The number of nitrogens with one attached hydrogen (secondary N) is 1. The summed E-state index contributed by atoms with van der Waals surface area (Å²) in [5.74, 6) is 0.866. The van der Waals surface area contributed by atoms with Gasteiger partial charge < -0.3 is 10.2 Å². The minimum absolute atomic E-state index is 0.866. The van der Waals surface area contributed by atoms with Crippen molar-refractivity contribution in [2.45, 2.75) is 26.3 Å². The van der Waals surface area contributed by atoms with Crippen molar-refractivity contribution in [3.63, 3.8) is 0 Å². The lowest BCUT2D eigenvalue weighted by Crippen LogP contribution is -2.34. The monoisotopic (exact) mass is 239 g/mol. The summed E-state index contributed by atoms with van der Waals surface area (Å²) in [7, 11) is 2.21. The van der Waals surface area contributed by atoms with Crippen LogP contribution >= 0.6 is 11.3 Å². The molecule has 1 fully saturated rings. The highest BCUT2D eigenvalue weighted by Crippen LogP contribution is 2.15. The number of hydrogen-bond donors (Lipinski definition) is 1. The number of piperidine rings is 1. The largest absolute Gasteiger partial charge is 0.312 e. The Morgan fingerprint density at radius 2 is 2.25 bits per heavy atom. The van der Waals surface area contributed by atoms with Gasteiger partial charge in [0, 0.05) is 17.6 Å². The van der Waals surface area contributed by atoms with Crippen LogP contribution in [0.4, 0.5) is 0 Å². The standard InChI is InChI=1S/C12H21N3S/c1-10-14-9-12(16-10)8-13-7-11-3-5-15(2)6-4-11/h9,11,13H,3-8H2,1-2H3. The van der Waals surface area contributed by atoms with E-state index in [9.17, 15) is 0 Å². The topological polar surface area (TPSA) is 28.2 Å². The normalized spacial score (nSPS) is 19.1. The van der Waals surface area contributed by atoms with Crippen molar-refractivity contribution >= 4 is 11.3 Å². The lowest BCUT2D eigenvalue weighted by atomic mass is 9.97. The number of thiazole rings is 1. The summed E-state index contributed by atoms with van der Waals surface area (Å²) in [5.41, 5.74) is 0. The van der Waals surface area contributed by atoms with E-state index in [0.717, 1.165) is 24.0 Å². The van der Waals surface area contributed by atoms with Crippen LogP contribution in [0.25, 0.3) is 0 Å². The fourth-order valence-corrected chi connectivity index (χ4v) is 2.92. The van der Waals surface area contributed by atoms with Crippen molar-refractivity contribution in [3.05, 3.63) is 16.1 Å². The van der Waals surface area contributed by atoms with Crippen LogP contribution in [-0.4, -0.2) is 36.6 Å². The van der Waals surface area contributed by atoms with Gasteiger partial charge in [-0.15, -0.1) is 11.3 Å². The highest BCUT2D eigenvalue weighted by molar-refractivity contribution is 7.11. The van der Waals surface area contributed by atoms with Crippen molar-refractivity contribution < 1.29 is 0 Å². The maximum atomic E-state index is 4.26. The number of likely N-dealkylation sites (tertiary alicyclic amines) is 1. The molecule has 16 heavy (non-hydrogen) atoms. The lowest BCUT2D eigenvalue weighted by Gasteiger charge is -2.28. The van der Waals surface area contributed by atoms with E-state index >= 15 is 0 Å². The molecule has 2 rings (SSSR count). The summed E-state index contributed by atoms with van der Waals surface area (Å²) in [5, 5.41) is 4.71. The van der Waals surface area contributed by atoms with Crippen molar-refractivity contribution in [1.82, 2.24) is 15.2 Å². The quantitative estimate of drug-likeness (QED) is 0.869. The molecule has 0 amide bonds. The van der Waals surface area contributed by atoms with Gasteiger partial charge in [-0.05, 0) is 52.4 Å². The van der Waals surface area contributed by atoms with E-state index in [4.69, 9.17) is 0 Å². The maximum Gasteiger partial charge on any atom is 0.0897 e. The molecule has 1 aromatic heterocycles. The summed E-state index contributed by atoms with van der Waals surface area (Å²) in [4.78, 5) is 8.04. The van der Waals surface area contributed by atoms with Crippen LogP contribution in [-0.2, 0) is 6.54 Å². The molecular formula is C12H21N3S. The minimum atomic E-state index is 0.866. The summed E-state index contributed by atoms with van der Waals surface area (Å²) in [6, 6.07) is 0. The Labute approximate surface area is 102 Å². The van der Waals surface area contributed by atoms with E-state index in [1.165, 1.54) is 30.8 Å². The molecule has 90 valence electrons. The van der Waals surface area contributed by atoms with Gasteiger partial charge in [0.15, 0.2) is 0 Å². The molecule has 4 heteroatoms. The Bertz CT molecular complexity index is 316. The van der Waals surface area contributed by atoms with E-state index in [1.807, 2.05) is 6.20 Å². The average molecular weight is 239 g/mol. The summed E-state index contributed by atoms with van der Waals surface area (Å²) in [6.45, 7) is 6.71. The van der Waals surface area contributed by atoms with E-state index in [-0.39, 0.29) is 0 Å². The molecule has 1 aliphatic rings. The zero-order valence-corrected chi connectivity index (χ0v) is 11.0. The van der Waals surface area contributed by atoms with Gasteiger partial charge >= 0.3 is 0 Å². The fraction of sp³-hybridized carbons (Fsp3) is 0.750. The molecule has 3 nitrogen and oxygen atoms in total. The van der Waals surface area contributed by atoms with Gasteiger partial charge in [0.05, 0.1) is 5.01 Å². The number of nitrogens with zero attached hydrogens (tertiary/aromatic N) is 2. The molecule has 0 atom stereocenters. The Balaban J connectivity index is 1.64. The molecular weight excluding hydrogens is 218 g/mol. The molecule has 0 bridgehead atoms. The van der Waals surface area contributed by atoms with Crippen molar-refractivity contribution in [1.29, 1.82) is 0 Å². The van der Waals surface area contributed by atoms with Gasteiger partial charge in [-0.3, -0.25) is 0 Å². The van der Waals surface area contributed by atoms with Gasteiger partial charge in [0.2, 0.25) is 0 Å². The minimum Gasteiger partial charge on any atom is -0.312 e. The second kappa shape index (κ2) is 5.75. The summed E-state index contributed by atoms with van der Waals surface area (Å²) in [6.07, 6.45) is 4.66.